The second kappa shape index (κ2) is 12.2. The third-order valence-electron chi connectivity index (χ3n) is 7.79. The van der Waals surface area contributed by atoms with Crippen molar-refractivity contribution in [3.05, 3.63) is 97.8 Å². The average Bonchev–Trinajstić information content (AvgIpc) is 3.34. The summed E-state index contributed by atoms with van der Waals surface area (Å²) in [4.78, 5) is 28.8. The molecule has 2 aromatic heterocycles. The van der Waals surface area contributed by atoms with Crippen LogP contribution in [-0.2, 0) is 23.6 Å². The van der Waals surface area contributed by atoms with Crippen LogP contribution < -0.4 is 9.86 Å². The van der Waals surface area contributed by atoms with E-state index in [-0.39, 0.29) is 27.1 Å². The van der Waals surface area contributed by atoms with Crippen LogP contribution in [0.2, 0.25) is 5.02 Å². The molecule has 0 aliphatic carbocycles. The molecule has 4 rings (SSSR count). The zero-order chi connectivity index (χ0) is 30.9. The number of nitrogens with zero attached hydrogens (tertiary/aromatic N) is 4. The second-order valence-corrected chi connectivity index (χ2v) is 12.8. The number of carbonyl (C=O) groups excluding carboxylic acids is 1. The SMILES string of the molecule is CCCCN(Cc1c(C)oc(C)c1C)C(=O)c1ccc(Cl)c(S(=O)(=O)N(C)c2c(C)n(C)n(-c3ccccc3)c2=O)c1. The summed E-state index contributed by atoms with van der Waals surface area (Å²) in [5, 5.41) is -0.0485. The minimum Gasteiger partial charge on any atom is -0.466 e. The van der Waals surface area contributed by atoms with Crippen LogP contribution >= 0.6 is 11.6 Å². The zero-order valence-electron chi connectivity index (χ0n) is 25.1. The number of sulfonamides is 1. The summed E-state index contributed by atoms with van der Waals surface area (Å²) in [7, 11) is -1.32. The Morgan fingerprint density at radius 3 is 2.29 bits per heavy atom. The number of anilines is 1. The lowest BCUT2D eigenvalue weighted by Gasteiger charge is -2.24. The van der Waals surface area contributed by atoms with Gasteiger partial charge in [0, 0.05) is 38.3 Å². The van der Waals surface area contributed by atoms with Gasteiger partial charge in [0.1, 0.15) is 22.1 Å². The highest BCUT2D eigenvalue weighted by atomic mass is 35.5. The molecule has 2 heterocycles. The number of hydrogen-bond acceptors (Lipinski definition) is 5. The number of aromatic nitrogens is 2. The largest absolute Gasteiger partial charge is 0.466 e. The minimum atomic E-state index is -4.33. The van der Waals surface area contributed by atoms with Crippen LogP contribution in [0.4, 0.5) is 5.69 Å². The Morgan fingerprint density at radius 2 is 1.69 bits per heavy atom. The number of hydrogen-bond donors (Lipinski definition) is 0. The molecule has 224 valence electrons. The molecule has 2 aromatic carbocycles. The lowest BCUT2D eigenvalue weighted by atomic mass is 10.1. The van der Waals surface area contributed by atoms with Crippen molar-refractivity contribution in [3.63, 3.8) is 0 Å². The van der Waals surface area contributed by atoms with Gasteiger partial charge in [0.05, 0.1) is 16.4 Å². The molecule has 0 fully saturated rings. The molecule has 0 N–H and O–H groups in total. The molecular formula is C31H37ClN4O5S. The third kappa shape index (κ3) is 5.65. The lowest BCUT2D eigenvalue weighted by molar-refractivity contribution is 0.0740. The van der Waals surface area contributed by atoms with Gasteiger partial charge in [-0.05, 0) is 70.0 Å². The first-order chi connectivity index (χ1) is 19.8. The topological polar surface area (TPSA) is 97.8 Å². The van der Waals surface area contributed by atoms with E-state index in [9.17, 15) is 18.0 Å². The Labute approximate surface area is 252 Å². The van der Waals surface area contributed by atoms with E-state index in [0.717, 1.165) is 39.8 Å². The fraction of sp³-hybridized carbons (Fsp3) is 0.355. The van der Waals surface area contributed by atoms with Gasteiger partial charge in [-0.2, -0.15) is 0 Å². The van der Waals surface area contributed by atoms with Crippen LogP contribution in [0.15, 0.2) is 62.6 Å². The summed E-state index contributed by atoms with van der Waals surface area (Å²) >= 11 is 6.43. The first-order valence-corrected chi connectivity index (χ1v) is 15.6. The van der Waals surface area contributed by atoms with E-state index in [1.54, 1.807) is 47.8 Å². The van der Waals surface area contributed by atoms with Crippen molar-refractivity contribution in [2.45, 2.75) is 58.9 Å². The van der Waals surface area contributed by atoms with Gasteiger partial charge in [0.15, 0.2) is 0 Å². The normalized spacial score (nSPS) is 11.6. The van der Waals surface area contributed by atoms with Crippen molar-refractivity contribution in [3.8, 4) is 5.69 Å². The number of halogens is 1. The highest BCUT2D eigenvalue weighted by Crippen LogP contribution is 2.30. The number of para-hydroxylation sites is 1. The summed E-state index contributed by atoms with van der Waals surface area (Å²) in [6.07, 6.45) is 1.66. The van der Waals surface area contributed by atoms with Gasteiger partial charge < -0.3 is 9.32 Å². The smallest absolute Gasteiger partial charge is 0.296 e. The van der Waals surface area contributed by atoms with Crippen LogP contribution in [0, 0.1) is 27.7 Å². The van der Waals surface area contributed by atoms with Crippen molar-refractivity contribution in [1.29, 1.82) is 0 Å². The molecule has 42 heavy (non-hydrogen) atoms. The zero-order valence-corrected chi connectivity index (χ0v) is 26.6. The highest BCUT2D eigenvalue weighted by molar-refractivity contribution is 7.93. The van der Waals surface area contributed by atoms with E-state index in [4.69, 9.17) is 16.0 Å². The molecule has 0 atom stereocenters. The van der Waals surface area contributed by atoms with Crippen molar-refractivity contribution < 1.29 is 17.6 Å². The van der Waals surface area contributed by atoms with Crippen LogP contribution in [0.25, 0.3) is 5.69 Å². The summed E-state index contributed by atoms with van der Waals surface area (Å²) in [6, 6.07) is 13.2. The minimum absolute atomic E-state index is 0.0139. The van der Waals surface area contributed by atoms with Gasteiger partial charge in [-0.1, -0.05) is 43.1 Å². The van der Waals surface area contributed by atoms with Gasteiger partial charge in [0.25, 0.3) is 21.5 Å². The maximum absolute atomic E-state index is 14.0. The number of aryl methyl sites for hydroxylation is 2. The van der Waals surface area contributed by atoms with Crippen LogP contribution in [0.3, 0.4) is 0 Å². The Kier molecular flexibility index (Phi) is 9.08. The van der Waals surface area contributed by atoms with E-state index in [2.05, 4.69) is 0 Å². The average molecular weight is 613 g/mol. The van der Waals surface area contributed by atoms with Crippen molar-refractivity contribution in [1.82, 2.24) is 14.3 Å². The number of rotatable bonds is 10. The van der Waals surface area contributed by atoms with E-state index < -0.39 is 15.6 Å². The molecule has 0 saturated carbocycles. The molecule has 0 spiro atoms. The summed E-state index contributed by atoms with van der Waals surface area (Å²) in [5.74, 6) is 1.23. The molecule has 0 aliphatic rings. The molecule has 0 radical (unpaired) electrons. The van der Waals surface area contributed by atoms with Crippen LogP contribution in [-0.4, -0.2) is 42.2 Å². The predicted molar refractivity (Wildman–Crippen MR) is 165 cm³/mol. The fourth-order valence-corrected chi connectivity index (χ4v) is 6.81. The van der Waals surface area contributed by atoms with Gasteiger partial charge in [-0.25, -0.2) is 13.1 Å². The lowest BCUT2D eigenvalue weighted by Crippen LogP contribution is -2.33. The second-order valence-electron chi connectivity index (χ2n) is 10.4. The Morgan fingerprint density at radius 1 is 1.02 bits per heavy atom. The van der Waals surface area contributed by atoms with E-state index in [0.29, 0.717) is 24.5 Å². The van der Waals surface area contributed by atoms with Crippen LogP contribution in [0.1, 0.15) is 58.5 Å². The molecule has 0 unspecified atom stereocenters. The van der Waals surface area contributed by atoms with Gasteiger partial charge in [-0.15, -0.1) is 0 Å². The monoisotopic (exact) mass is 612 g/mol. The molecular weight excluding hydrogens is 576 g/mol. The van der Waals surface area contributed by atoms with E-state index in [1.165, 1.54) is 29.9 Å². The van der Waals surface area contributed by atoms with E-state index in [1.807, 2.05) is 33.8 Å². The molecule has 11 heteroatoms. The fourth-order valence-electron chi connectivity index (χ4n) is 5.07. The Bertz CT molecular complexity index is 1790. The van der Waals surface area contributed by atoms with Gasteiger partial charge in [0.2, 0.25) is 0 Å². The van der Waals surface area contributed by atoms with Crippen LogP contribution in [0.5, 0.6) is 0 Å². The molecule has 1 amide bonds. The van der Waals surface area contributed by atoms with Gasteiger partial charge >= 0.3 is 0 Å². The number of benzene rings is 2. The van der Waals surface area contributed by atoms with Crippen molar-refractivity contribution in [2.75, 3.05) is 17.9 Å². The summed E-state index contributed by atoms with van der Waals surface area (Å²) in [5.41, 5.74) is 2.65. The first-order valence-electron chi connectivity index (χ1n) is 13.8. The highest BCUT2D eigenvalue weighted by Gasteiger charge is 2.31. The summed E-state index contributed by atoms with van der Waals surface area (Å²) in [6.45, 7) is 10.3. The maximum atomic E-state index is 14.0. The Hall–Kier alpha value is -3.76. The first kappa shape index (κ1) is 31.2. The quantitative estimate of drug-likeness (QED) is 0.221. The number of unbranched alkanes of at least 4 members (excludes halogenated alkanes) is 1. The number of furan rings is 1. The third-order valence-corrected chi connectivity index (χ3v) is 10.0. The summed E-state index contributed by atoms with van der Waals surface area (Å²) < 4.78 is 37.6. The van der Waals surface area contributed by atoms with E-state index >= 15 is 0 Å². The number of carbonyl (C=O) groups is 1. The van der Waals surface area contributed by atoms with Crippen molar-refractivity contribution >= 4 is 33.2 Å². The Balaban J connectivity index is 1.74. The molecule has 0 bridgehead atoms. The maximum Gasteiger partial charge on any atom is 0.296 e. The predicted octanol–water partition coefficient (Wildman–Crippen LogP) is 5.92. The molecule has 9 nitrogen and oxygen atoms in total. The molecule has 0 aliphatic heterocycles. The molecule has 0 saturated heterocycles. The molecule has 4 aromatic rings. The van der Waals surface area contributed by atoms with Gasteiger partial charge in [-0.3, -0.25) is 18.6 Å². The number of amides is 1. The standard InChI is InChI=1S/C31H37ClN4O5S/c1-8-9-17-35(19-26-20(2)22(4)41-23(26)5)30(37)24-15-16-27(32)28(18-24)42(39,40)34(7)29-21(3)33(6)36(31(29)38)25-13-11-10-12-14-25/h10-16,18H,8-9,17,19H2,1-7H3. The van der Waals surface area contributed by atoms with Crippen molar-refractivity contribution in [2.24, 2.45) is 7.05 Å².